The van der Waals surface area contributed by atoms with Crippen LogP contribution < -0.4 is 5.56 Å². The topological polar surface area (TPSA) is 67.5 Å². The van der Waals surface area contributed by atoms with Gasteiger partial charge in [0.1, 0.15) is 5.01 Å². The third kappa shape index (κ3) is 2.70. The van der Waals surface area contributed by atoms with E-state index in [1.807, 2.05) is 18.2 Å². The van der Waals surface area contributed by atoms with Crippen molar-refractivity contribution >= 4 is 16.3 Å². The summed E-state index contributed by atoms with van der Waals surface area (Å²) >= 11 is 1.34. The van der Waals surface area contributed by atoms with Crippen molar-refractivity contribution in [1.82, 2.24) is 14.6 Å². The highest BCUT2D eigenvalue weighted by molar-refractivity contribution is 7.16. The number of hydrogen-bond donors (Lipinski definition) is 1. The number of nitrogens with zero attached hydrogens (tertiary/aromatic N) is 3. The number of rotatable bonds is 4. The summed E-state index contributed by atoms with van der Waals surface area (Å²) in [6.45, 7) is 0. The lowest BCUT2D eigenvalue weighted by Crippen LogP contribution is -2.13. The first-order valence-corrected chi connectivity index (χ1v) is 7.17. The molecule has 6 heteroatoms. The van der Waals surface area contributed by atoms with Gasteiger partial charge in [-0.3, -0.25) is 4.79 Å². The van der Waals surface area contributed by atoms with Crippen molar-refractivity contribution in [2.24, 2.45) is 0 Å². The molecule has 0 aliphatic rings. The number of aromatic hydroxyl groups is 1. The van der Waals surface area contributed by atoms with Crippen LogP contribution in [0.25, 0.3) is 4.96 Å². The molecule has 0 aliphatic carbocycles. The second kappa shape index (κ2) is 5.42. The monoisotopic (exact) mass is 287 g/mol. The first kappa shape index (κ1) is 12.8. The lowest BCUT2D eigenvalue weighted by atomic mass is 10.1. The third-order valence-electron chi connectivity index (χ3n) is 2.97. The first-order chi connectivity index (χ1) is 9.72. The van der Waals surface area contributed by atoms with E-state index in [-0.39, 0.29) is 11.4 Å². The minimum Gasteiger partial charge on any atom is -0.493 e. The van der Waals surface area contributed by atoms with Crippen LogP contribution in [-0.2, 0) is 12.8 Å². The number of fused-ring (bicyclic) bond motifs is 1. The molecule has 0 radical (unpaired) electrons. The van der Waals surface area contributed by atoms with Gasteiger partial charge in [0.25, 0.3) is 5.56 Å². The third-order valence-corrected chi connectivity index (χ3v) is 3.94. The molecular weight excluding hydrogens is 274 g/mol. The predicted molar refractivity (Wildman–Crippen MR) is 77.3 cm³/mol. The van der Waals surface area contributed by atoms with Crippen molar-refractivity contribution in [2.75, 3.05) is 0 Å². The van der Waals surface area contributed by atoms with Crippen molar-refractivity contribution < 1.29 is 5.11 Å². The van der Waals surface area contributed by atoms with Gasteiger partial charge in [0, 0.05) is 6.42 Å². The van der Waals surface area contributed by atoms with Gasteiger partial charge in [-0.05, 0) is 18.4 Å². The van der Waals surface area contributed by atoms with Crippen molar-refractivity contribution in [3.63, 3.8) is 0 Å². The molecular formula is C14H13N3O2S. The van der Waals surface area contributed by atoms with E-state index >= 15 is 0 Å². The van der Waals surface area contributed by atoms with Gasteiger partial charge < -0.3 is 5.11 Å². The van der Waals surface area contributed by atoms with Crippen LogP contribution >= 0.6 is 11.3 Å². The zero-order valence-corrected chi connectivity index (χ0v) is 11.5. The minimum absolute atomic E-state index is 0.255. The van der Waals surface area contributed by atoms with Crippen LogP contribution in [-0.4, -0.2) is 19.7 Å². The number of aromatic nitrogens is 3. The molecule has 2 heterocycles. The van der Waals surface area contributed by atoms with Crippen molar-refractivity contribution in [2.45, 2.75) is 19.3 Å². The van der Waals surface area contributed by atoms with Crippen LogP contribution in [0.3, 0.4) is 0 Å². The quantitative estimate of drug-likeness (QED) is 0.797. The minimum atomic E-state index is -0.349. The van der Waals surface area contributed by atoms with E-state index in [2.05, 4.69) is 22.2 Å². The summed E-state index contributed by atoms with van der Waals surface area (Å²) in [7, 11) is 0. The molecule has 0 amide bonds. The summed E-state index contributed by atoms with van der Waals surface area (Å²) in [5, 5.41) is 14.4. The fraction of sp³-hybridized carbons (Fsp3) is 0.214. The lowest BCUT2D eigenvalue weighted by molar-refractivity contribution is 0.452. The van der Waals surface area contributed by atoms with E-state index in [0.29, 0.717) is 4.96 Å². The molecule has 2 aromatic heterocycles. The number of aryl methyl sites for hydroxylation is 2. The van der Waals surface area contributed by atoms with Gasteiger partial charge in [-0.1, -0.05) is 41.7 Å². The molecule has 1 N–H and O–H groups in total. The second-order valence-electron chi connectivity index (χ2n) is 4.48. The highest BCUT2D eigenvalue weighted by Gasteiger charge is 2.08. The summed E-state index contributed by atoms with van der Waals surface area (Å²) in [6, 6.07) is 11.3. The Morgan fingerprint density at radius 2 is 2.00 bits per heavy atom. The van der Waals surface area contributed by atoms with Gasteiger partial charge >= 0.3 is 0 Å². The summed E-state index contributed by atoms with van der Waals surface area (Å²) in [4.78, 5) is 15.9. The molecule has 3 aromatic rings. The number of benzene rings is 1. The second-order valence-corrected chi connectivity index (χ2v) is 5.52. The summed E-state index contributed by atoms with van der Waals surface area (Å²) < 4.78 is 1.24. The van der Waals surface area contributed by atoms with Crippen LogP contribution in [0.1, 0.15) is 17.0 Å². The number of hydrogen-bond acceptors (Lipinski definition) is 5. The van der Waals surface area contributed by atoms with Crippen molar-refractivity contribution in [3.05, 3.63) is 57.3 Å². The van der Waals surface area contributed by atoms with E-state index in [1.165, 1.54) is 21.4 Å². The molecule has 0 spiro atoms. The van der Waals surface area contributed by atoms with E-state index in [1.54, 1.807) is 0 Å². The molecule has 0 bridgehead atoms. The van der Waals surface area contributed by atoms with E-state index < -0.39 is 0 Å². The van der Waals surface area contributed by atoms with Crippen LogP contribution in [0, 0.1) is 0 Å². The van der Waals surface area contributed by atoms with Crippen molar-refractivity contribution in [1.29, 1.82) is 0 Å². The maximum Gasteiger partial charge on any atom is 0.278 e. The maximum atomic E-state index is 11.6. The van der Waals surface area contributed by atoms with E-state index in [9.17, 15) is 9.90 Å². The van der Waals surface area contributed by atoms with Gasteiger partial charge in [-0.25, -0.2) is 0 Å². The summed E-state index contributed by atoms with van der Waals surface area (Å²) in [5.41, 5.74) is 0.944. The molecule has 0 unspecified atom stereocenters. The molecule has 0 aliphatic heterocycles. The average molecular weight is 287 g/mol. The largest absolute Gasteiger partial charge is 0.493 e. The Kier molecular flexibility index (Phi) is 3.47. The SMILES string of the molecule is O=c1cc(O)nc2sc(CCCc3ccccc3)nn12. The lowest BCUT2D eigenvalue weighted by Gasteiger charge is -1.98. The molecule has 102 valence electrons. The fourth-order valence-electron chi connectivity index (χ4n) is 2.03. The maximum absolute atomic E-state index is 11.6. The average Bonchev–Trinajstić information content (AvgIpc) is 2.83. The van der Waals surface area contributed by atoms with Gasteiger partial charge in [0.2, 0.25) is 10.8 Å². The zero-order valence-electron chi connectivity index (χ0n) is 10.7. The Morgan fingerprint density at radius 3 is 2.80 bits per heavy atom. The Bertz CT molecular complexity index is 780. The van der Waals surface area contributed by atoms with Crippen LogP contribution in [0.15, 0.2) is 41.2 Å². The highest BCUT2D eigenvalue weighted by Crippen LogP contribution is 2.15. The molecule has 1 aromatic carbocycles. The Labute approximate surface area is 119 Å². The van der Waals surface area contributed by atoms with E-state index in [0.717, 1.165) is 30.3 Å². The molecule has 0 fully saturated rings. The summed E-state index contributed by atoms with van der Waals surface area (Å²) in [6.07, 6.45) is 2.73. The summed E-state index contributed by atoms with van der Waals surface area (Å²) in [5.74, 6) is -0.255. The van der Waals surface area contributed by atoms with Crippen molar-refractivity contribution in [3.8, 4) is 5.88 Å². The van der Waals surface area contributed by atoms with Gasteiger partial charge in [0.05, 0.1) is 6.07 Å². The first-order valence-electron chi connectivity index (χ1n) is 6.35. The van der Waals surface area contributed by atoms with Gasteiger partial charge in [-0.15, -0.1) is 0 Å². The van der Waals surface area contributed by atoms with Gasteiger partial charge in [-0.2, -0.15) is 14.6 Å². The highest BCUT2D eigenvalue weighted by atomic mass is 32.1. The van der Waals surface area contributed by atoms with E-state index in [4.69, 9.17) is 0 Å². The van der Waals surface area contributed by atoms with Gasteiger partial charge in [0.15, 0.2) is 0 Å². The normalized spacial score (nSPS) is 11.0. The molecule has 0 saturated carbocycles. The van der Waals surface area contributed by atoms with Crippen LogP contribution in [0.2, 0.25) is 0 Å². The van der Waals surface area contributed by atoms with Crippen LogP contribution in [0.5, 0.6) is 5.88 Å². The molecule has 20 heavy (non-hydrogen) atoms. The smallest absolute Gasteiger partial charge is 0.278 e. The Hall–Kier alpha value is -2.21. The molecule has 5 nitrogen and oxygen atoms in total. The fourth-order valence-corrected chi connectivity index (χ4v) is 2.96. The Balaban J connectivity index is 1.72. The molecule has 3 rings (SSSR count). The van der Waals surface area contributed by atoms with Crippen LogP contribution in [0.4, 0.5) is 0 Å². The zero-order chi connectivity index (χ0) is 13.9. The standard InChI is InChI=1S/C14H13N3O2S/c18-11-9-13(19)17-14(15-11)20-12(16-17)8-4-7-10-5-2-1-3-6-10/h1-3,5-6,9,18H,4,7-8H2. The predicted octanol–water partition coefficient (Wildman–Crippen LogP) is 2.03. The molecule has 0 atom stereocenters. The Morgan fingerprint density at radius 1 is 1.20 bits per heavy atom. The molecule has 0 saturated heterocycles.